The first-order valence-electron chi connectivity index (χ1n) is 16.0. The minimum absolute atomic E-state index is 0.0652. The highest BCUT2D eigenvalue weighted by Gasteiger charge is 2.42. The van der Waals surface area contributed by atoms with Crippen LogP contribution in [-0.4, -0.2) is 65.4 Å². The molecule has 0 spiro atoms. The molecule has 7 rings (SSSR count). The number of fused-ring (bicyclic) bond motifs is 3. The van der Waals surface area contributed by atoms with Gasteiger partial charge in [-0.1, -0.05) is 19.1 Å². The number of hydrogen-bond acceptors (Lipinski definition) is 6. The number of nitrogens with zero attached hydrogens (tertiary/aromatic N) is 4. The number of benzene rings is 2. The van der Waals surface area contributed by atoms with Gasteiger partial charge in [-0.3, -0.25) is 14.7 Å². The lowest BCUT2D eigenvalue weighted by Crippen LogP contribution is -2.51. The van der Waals surface area contributed by atoms with Gasteiger partial charge in [-0.05, 0) is 96.5 Å². The predicted molar refractivity (Wildman–Crippen MR) is 173 cm³/mol. The van der Waals surface area contributed by atoms with Gasteiger partial charge in [-0.25, -0.2) is 8.42 Å². The van der Waals surface area contributed by atoms with Crippen molar-refractivity contribution in [3.63, 3.8) is 0 Å². The summed E-state index contributed by atoms with van der Waals surface area (Å²) in [6.07, 6.45) is 10.9. The fraction of sp³-hybridized carbons (Fsp3) is 0.429. The van der Waals surface area contributed by atoms with Crippen molar-refractivity contribution in [1.29, 1.82) is 0 Å². The molecular weight excluding hydrogens is 586 g/mol. The average molecular weight is 628 g/mol. The molecule has 0 radical (unpaired) electrons. The van der Waals surface area contributed by atoms with Gasteiger partial charge in [0.05, 0.1) is 24.0 Å². The molecule has 1 amide bonds. The molecule has 0 saturated heterocycles. The number of carbonyl (C=O) groups is 1. The molecule has 4 aromatic rings. The van der Waals surface area contributed by atoms with Crippen LogP contribution in [0.15, 0.2) is 78.1 Å². The first-order chi connectivity index (χ1) is 21.8. The van der Waals surface area contributed by atoms with Gasteiger partial charge in [0, 0.05) is 62.5 Å². The molecule has 236 valence electrons. The summed E-state index contributed by atoms with van der Waals surface area (Å²) in [4.78, 5) is 21.0. The quantitative estimate of drug-likeness (QED) is 0.313. The van der Waals surface area contributed by atoms with Crippen LogP contribution in [0.25, 0.3) is 10.8 Å². The summed E-state index contributed by atoms with van der Waals surface area (Å²) in [6.45, 7) is 4.64. The Bertz CT molecular complexity index is 1820. The van der Waals surface area contributed by atoms with Crippen molar-refractivity contribution in [2.45, 2.75) is 75.1 Å². The first kappa shape index (κ1) is 30.0. The van der Waals surface area contributed by atoms with Crippen molar-refractivity contribution in [2.75, 3.05) is 20.2 Å². The van der Waals surface area contributed by atoms with Crippen LogP contribution in [0.3, 0.4) is 0 Å². The number of ether oxygens (including phenoxy) is 1. The summed E-state index contributed by atoms with van der Waals surface area (Å²) < 4.78 is 37.5. The molecule has 2 aromatic carbocycles. The van der Waals surface area contributed by atoms with Crippen molar-refractivity contribution in [3.05, 3.63) is 90.0 Å². The van der Waals surface area contributed by atoms with E-state index in [1.165, 1.54) is 11.1 Å². The lowest BCUT2D eigenvalue weighted by molar-refractivity contribution is -0.127. The van der Waals surface area contributed by atoms with Gasteiger partial charge in [0.25, 0.3) is 0 Å². The van der Waals surface area contributed by atoms with E-state index in [0.29, 0.717) is 19.1 Å². The van der Waals surface area contributed by atoms with Crippen LogP contribution in [0.2, 0.25) is 0 Å². The van der Waals surface area contributed by atoms with Crippen LogP contribution in [-0.2, 0) is 34.3 Å². The molecule has 9 nitrogen and oxygen atoms in total. The van der Waals surface area contributed by atoms with Gasteiger partial charge in [0.2, 0.25) is 15.9 Å². The van der Waals surface area contributed by atoms with E-state index in [1.54, 1.807) is 23.5 Å². The molecule has 10 heteroatoms. The molecule has 1 N–H and O–H groups in total. The summed E-state index contributed by atoms with van der Waals surface area (Å²) in [5.74, 6) is 0.0484. The summed E-state index contributed by atoms with van der Waals surface area (Å²) in [5, 5.41) is 5.08. The number of hydrogen-bond donors (Lipinski definition) is 1. The number of amides is 1. The molecule has 1 aliphatic carbocycles. The van der Waals surface area contributed by atoms with Crippen molar-refractivity contribution in [3.8, 4) is 5.75 Å². The Labute approximate surface area is 265 Å². The van der Waals surface area contributed by atoms with E-state index >= 15 is 0 Å². The molecule has 45 heavy (non-hydrogen) atoms. The molecular formula is C35H41N5O4S. The standard InChI is InChI=1S/C35H41N5O4S/c1-24(35(41)37-29-5-3-6-30(21-29)39-16-13-27-22-36-14-12-28(27)23-39)34-33-7-4-15-38(33)17-18-40(34)45(42,43)32-11-9-25-19-31(44-2)10-8-26(25)20-32/h4,7-12,14-15,19-20,22,24,29-30,34H,3,5-6,13,16-18,21,23H2,1-2H3,(H,37,41). The van der Waals surface area contributed by atoms with E-state index in [0.717, 1.165) is 67.4 Å². The third-order valence-corrected chi connectivity index (χ3v) is 12.0. The molecule has 0 bridgehead atoms. The molecule has 3 aliphatic rings. The van der Waals surface area contributed by atoms with Crippen LogP contribution in [0.4, 0.5) is 0 Å². The first-order valence-corrected chi connectivity index (χ1v) is 17.5. The second-order valence-corrected chi connectivity index (χ2v) is 14.6. The van der Waals surface area contributed by atoms with Crippen LogP contribution in [0, 0.1) is 5.92 Å². The topological polar surface area (TPSA) is 96.8 Å². The number of sulfonamides is 1. The van der Waals surface area contributed by atoms with Gasteiger partial charge in [0.15, 0.2) is 0 Å². The Morgan fingerprint density at radius 3 is 2.73 bits per heavy atom. The highest BCUT2D eigenvalue weighted by molar-refractivity contribution is 7.89. The van der Waals surface area contributed by atoms with E-state index in [4.69, 9.17) is 4.74 Å². The molecule has 4 atom stereocenters. The normalized spacial score (nSPS) is 23.2. The summed E-state index contributed by atoms with van der Waals surface area (Å²) in [5.41, 5.74) is 3.54. The largest absolute Gasteiger partial charge is 0.497 e. The summed E-state index contributed by atoms with van der Waals surface area (Å²) in [6, 6.07) is 16.7. The monoisotopic (exact) mass is 627 g/mol. The molecule has 2 aliphatic heterocycles. The van der Waals surface area contributed by atoms with E-state index in [2.05, 4.69) is 25.8 Å². The van der Waals surface area contributed by atoms with Crippen molar-refractivity contribution >= 4 is 26.7 Å². The fourth-order valence-electron chi connectivity index (χ4n) is 7.60. The average Bonchev–Trinajstić information content (AvgIpc) is 3.56. The second-order valence-electron chi connectivity index (χ2n) is 12.7. The van der Waals surface area contributed by atoms with Gasteiger partial charge in [-0.2, -0.15) is 4.31 Å². The smallest absolute Gasteiger partial charge is 0.243 e. The highest BCUT2D eigenvalue weighted by Crippen LogP contribution is 2.38. The molecule has 1 saturated carbocycles. The maximum atomic E-state index is 14.3. The number of methoxy groups -OCH3 is 1. The van der Waals surface area contributed by atoms with Gasteiger partial charge >= 0.3 is 0 Å². The third-order valence-electron chi connectivity index (χ3n) is 10.1. The van der Waals surface area contributed by atoms with Crippen LogP contribution in [0.1, 0.15) is 55.5 Å². The summed E-state index contributed by atoms with van der Waals surface area (Å²) in [7, 11) is -2.29. The SMILES string of the molecule is COc1ccc2cc(S(=O)(=O)N3CCn4cccc4C3C(C)C(=O)NC3CCCC(N4CCc5cnccc5C4)C3)ccc2c1. The maximum absolute atomic E-state index is 14.3. The van der Waals surface area contributed by atoms with Gasteiger partial charge < -0.3 is 14.6 Å². The van der Waals surface area contributed by atoms with Crippen molar-refractivity contribution in [1.82, 2.24) is 24.1 Å². The number of pyridine rings is 1. The van der Waals surface area contributed by atoms with Crippen LogP contribution >= 0.6 is 0 Å². The molecule has 4 unspecified atom stereocenters. The fourth-order valence-corrected chi connectivity index (χ4v) is 9.30. The van der Waals surface area contributed by atoms with E-state index in [1.807, 2.05) is 61.9 Å². The van der Waals surface area contributed by atoms with E-state index in [-0.39, 0.29) is 16.8 Å². The number of nitrogens with one attached hydrogen (secondary N) is 1. The Hall–Kier alpha value is -3.73. The Kier molecular flexibility index (Phi) is 8.14. The predicted octanol–water partition coefficient (Wildman–Crippen LogP) is 4.91. The van der Waals surface area contributed by atoms with Gasteiger partial charge in [-0.15, -0.1) is 0 Å². The van der Waals surface area contributed by atoms with Crippen LogP contribution in [0.5, 0.6) is 5.75 Å². The number of rotatable bonds is 7. The van der Waals surface area contributed by atoms with E-state index < -0.39 is 22.0 Å². The van der Waals surface area contributed by atoms with Crippen molar-refractivity contribution < 1.29 is 17.9 Å². The lowest BCUT2D eigenvalue weighted by Gasteiger charge is -2.41. The third kappa shape index (κ3) is 5.75. The maximum Gasteiger partial charge on any atom is 0.243 e. The highest BCUT2D eigenvalue weighted by atomic mass is 32.2. The van der Waals surface area contributed by atoms with Gasteiger partial charge in [0.1, 0.15) is 5.75 Å². The van der Waals surface area contributed by atoms with E-state index in [9.17, 15) is 13.2 Å². The van der Waals surface area contributed by atoms with Crippen LogP contribution < -0.4 is 10.1 Å². The zero-order valence-electron chi connectivity index (χ0n) is 25.9. The minimum atomic E-state index is -3.90. The lowest BCUT2D eigenvalue weighted by atomic mass is 9.87. The zero-order valence-corrected chi connectivity index (χ0v) is 26.7. The van der Waals surface area contributed by atoms with Crippen molar-refractivity contribution in [2.24, 2.45) is 5.92 Å². The number of aromatic nitrogens is 2. The molecule has 4 heterocycles. The molecule has 2 aromatic heterocycles. The Morgan fingerprint density at radius 1 is 1.02 bits per heavy atom. The Balaban J connectivity index is 1.10. The second kappa shape index (κ2) is 12.2. The summed E-state index contributed by atoms with van der Waals surface area (Å²) >= 11 is 0. The number of carbonyl (C=O) groups excluding carboxylic acids is 1. The molecule has 1 fully saturated rings. The zero-order chi connectivity index (χ0) is 31.1. The minimum Gasteiger partial charge on any atom is -0.497 e. The Morgan fingerprint density at radius 2 is 1.87 bits per heavy atom.